The lowest BCUT2D eigenvalue weighted by atomic mass is 9.73. The maximum atomic E-state index is 14.8. The molecule has 0 unspecified atom stereocenters. The summed E-state index contributed by atoms with van der Waals surface area (Å²) in [7, 11) is 1.62. The third-order valence-corrected chi connectivity index (χ3v) is 9.96. The van der Waals surface area contributed by atoms with Crippen molar-refractivity contribution in [3.8, 4) is 11.8 Å². The molecule has 46 heavy (non-hydrogen) atoms. The van der Waals surface area contributed by atoms with E-state index in [-0.39, 0.29) is 37.1 Å². The van der Waals surface area contributed by atoms with Crippen LogP contribution in [0.25, 0.3) is 0 Å². The second-order valence-electron chi connectivity index (χ2n) is 14.5. The van der Waals surface area contributed by atoms with Gasteiger partial charge < -0.3 is 23.8 Å². The van der Waals surface area contributed by atoms with E-state index < -0.39 is 29.6 Å². The van der Waals surface area contributed by atoms with Crippen molar-refractivity contribution in [1.82, 2.24) is 14.9 Å². The first-order valence-electron chi connectivity index (χ1n) is 17.3. The van der Waals surface area contributed by atoms with Crippen molar-refractivity contribution in [3.05, 3.63) is 47.3 Å². The number of likely N-dealkylation sites (tertiary alicyclic amines) is 1. The molecule has 252 valence electrons. The number of aromatic nitrogens is 2. The standard InChI is InChI=1S/C37H53N3O6/c1-8-44-36(42)31-29(37(4,5)6)32(45-22-27-20-26(24-16-12-17-24)21-39-33(27)43-7)30(28-18-13-19-38-34(28)46-23(2)3)40(31)35(41)25-14-10-9-11-15-25/h13,18-21,23-25,29-32H,8-12,14-17,22H2,1-7H3/t29-,30+,31+,32+/m1/s1. The van der Waals surface area contributed by atoms with Crippen LogP contribution in [0.3, 0.4) is 0 Å². The van der Waals surface area contributed by atoms with Crippen LogP contribution < -0.4 is 9.47 Å². The Morgan fingerprint density at radius 2 is 1.76 bits per heavy atom. The van der Waals surface area contributed by atoms with E-state index >= 15 is 0 Å². The average Bonchev–Trinajstić information content (AvgIpc) is 3.35. The van der Waals surface area contributed by atoms with E-state index in [0.29, 0.717) is 17.7 Å². The molecule has 1 amide bonds. The lowest BCUT2D eigenvalue weighted by Gasteiger charge is -2.36. The molecule has 1 saturated heterocycles. The van der Waals surface area contributed by atoms with Gasteiger partial charge in [0.2, 0.25) is 17.7 Å². The van der Waals surface area contributed by atoms with Gasteiger partial charge in [-0.05, 0) is 81.5 Å². The minimum atomic E-state index is -0.835. The van der Waals surface area contributed by atoms with Gasteiger partial charge in [-0.1, -0.05) is 46.5 Å². The second kappa shape index (κ2) is 14.7. The number of rotatable bonds is 11. The molecule has 2 aromatic heterocycles. The van der Waals surface area contributed by atoms with Crippen LogP contribution in [-0.4, -0.2) is 58.7 Å². The summed E-state index contributed by atoms with van der Waals surface area (Å²) >= 11 is 0. The molecule has 0 bridgehead atoms. The number of nitrogens with zero attached hydrogens (tertiary/aromatic N) is 3. The first-order chi connectivity index (χ1) is 22.0. The van der Waals surface area contributed by atoms with Crippen LogP contribution in [-0.2, 0) is 25.7 Å². The minimum Gasteiger partial charge on any atom is -0.481 e. The summed E-state index contributed by atoms with van der Waals surface area (Å²) in [6, 6.07) is 4.51. The van der Waals surface area contributed by atoms with Gasteiger partial charge in [-0.2, -0.15) is 0 Å². The molecule has 2 aromatic rings. The van der Waals surface area contributed by atoms with Crippen molar-refractivity contribution in [2.75, 3.05) is 13.7 Å². The SMILES string of the molecule is CCOC(=O)[C@@H]1[C@@H](C(C)(C)C)[C@H](OCc2cc(C3CCC3)cnc2OC)[C@H](c2cccnc2OC(C)C)N1C(=O)C1CCCCC1. The molecular formula is C37H53N3O6. The van der Waals surface area contributed by atoms with Gasteiger partial charge in [0.1, 0.15) is 6.04 Å². The van der Waals surface area contributed by atoms with Crippen LogP contribution in [0, 0.1) is 17.3 Å². The van der Waals surface area contributed by atoms with E-state index in [9.17, 15) is 9.59 Å². The van der Waals surface area contributed by atoms with Gasteiger partial charge in [0.25, 0.3) is 0 Å². The number of methoxy groups -OCH3 is 1. The lowest BCUT2D eigenvalue weighted by molar-refractivity contribution is -0.158. The van der Waals surface area contributed by atoms with Crippen molar-refractivity contribution < 1.29 is 28.5 Å². The minimum absolute atomic E-state index is 0.0197. The summed E-state index contributed by atoms with van der Waals surface area (Å²) in [5, 5.41) is 0. The maximum Gasteiger partial charge on any atom is 0.329 e. The highest BCUT2D eigenvalue weighted by atomic mass is 16.5. The van der Waals surface area contributed by atoms with E-state index in [2.05, 4.69) is 36.8 Å². The van der Waals surface area contributed by atoms with E-state index in [4.69, 9.17) is 18.9 Å². The molecule has 4 atom stereocenters. The zero-order valence-corrected chi connectivity index (χ0v) is 28.8. The predicted octanol–water partition coefficient (Wildman–Crippen LogP) is 7.18. The maximum absolute atomic E-state index is 14.8. The molecule has 3 aliphatic rings. The van der Waals surface area contributed by atoms with Crippen molar-refractivity contribution in [1.29, 1.82) is 0 Å². The summed E-state index contributed by atoms with van der Waals surface area (Å²) in [4.78, 5) is 39.9. The number of carbonyl (C=O) groups is 2. The fourth-order valence-electron chi connectivity index (χ4n) is 7.60. The van der Waals surface area contributed by atoms with Crippen molar-refractivity contribution >= 4 is 11.9 Å². The van der Waals surface area contributed by atoms with Crippen LogP contribution in [0.1, 0.15) is 122 Å². The fourth-order valence-corrected chi connectivity index (χ4v) is 7.60. The van der Waals surface area contributed by atoms with E-state index in [0.717, 1.165) is 56.1 Å². The van der Waals surface area contributed by atoms with Gasteiger partial charge in [0.05, 0.1) is 38.6 Å². The molecule has 2 saturated carbocycles. The Bertz CT molecular complexity index is 1350. The number of carbonyl (C=O) groups excluding carboxylic acids is 2. The van der Waals surface area contributed by atoms with Gasteiger partial charge in [0.15, 0.2) is 0 Å². The summed E-state index contributed by atoms with van der Waals surface area (Å²) in [6.45, 7) is 12.5. The summed E-state index contributed by atoms with van der Waals surface area (Å²) in [5.41, 5.74) is 2.35. The largest absolute Gasteiger partial charge is 0.481 e. The number of ether oxygens (including phenoxy) is 4. The van der Waals surface area contributed by atoms with Crippen molar-refractivity contribution in [2.24, 2.45) is 17.3 Å². The molecule has 5 rings (SSSR count). The van der Waals surface area contributed by atoms with E-state index in [1.165, 1.54) is 12.0 Å². The molecular weight excluding hydrogens is 582 g/mol. The quantitative estimate of drug-likeness (QED) is 0.239. The zero-order chi connectivity index (χ0) is 33.0. The van der Waals surface area contributed by atoms with Gasteiger partial charge in [-0.3, -0.25) is 4.79 Å². The Morgan fingerprint density at radius 3 is 2.37 bits per heavy atom. The van der Waals surface area contributed by atoms with Crippen LogP contribution >= 0.6 is 0 Å². The number of hydrogen-bond acceptors (Lipinski definition) is 8. The first kappa shape index (κ1) is 34.1. The molecule has 0 N–H and O–H groups in total. The molecule has 3 fully saturated rings. The van der Waals surface area contributed by atoms with Crippen molar-refractivity contribution in [3.63, 3.8) is 0 Å². The molecule has 0 spiro atoms. The van der Waals surface area contributed by atoms with Gasteiger partial charge in [-0.15, -0.1) is 0 Å². The Balaban J connectivity index is 1.64. The van der Waals surface area contributed by atoms with Gasteiger partial charge in [-0.25, -0.2) is 14.8 Å². The number of pyridine rings is 2. The van der Waals surface area contributed by atoms with Crippen molar-refractivity contribution in [2.45, 2.75) is 130 Å². The van der Waals surface area contributed by atoms with Crippen LogP contribution in [0.15, 0.2) is 30.6 Å². The predicted molar refractivity (Wildman–Crippen MR) is 175 cm³/mol. The first-order valence-corrected chi connectivity index (χ1v) is 17.3. The highest BCUT2D eigenvalue weighted by Crippen LogP contribution is 2.52. The fraction of sp³-hybridized carbons (Fsp3) is 0.676. The Labute approximate surface area is 274 Å². The topological polar surface area (TPSA) is 100 Å². The average molecular weight is 636 g/mol. The van der Waals surface area contributed by atoms with Gasteiger partial charge in [0, 0.05) is 35.4 Å². The number of amides is 1. The second-order valence-corrected chi connectivity index (χ2v) is 14.5. The monoisotopic (exact) mass is 635 g/mol. The van der Waals surface area contributed by atoms with Crippen LogP contribution in [0.4, 0.5) is 0 Å². The number of hydrogen-bond donors (Lipinski definition) is 0. The van der Waals surface area contributed by atoms with Gasteiger partial charge >= 0.3 is 5.97 Å². The highest BCUT2D eigenvalue weighted by molar-refractivity contribution is 5.88. The summed E-state index contributed by atoms with van der Waals surface area (Å²) in [6.07, 6.45) is 11.2. The molecule has 2 aliphatic carbocycles. The molecule has 9 nitrogen and oxygen atoms in total. The lowest BCUT2D eigenvalue weighted by Crippen LogP contribution is -2.49. The summed E-state index contributed by atoms with van der Waals surface area (Å²) in [5.74, 6) is 0.500. The Morgan fingerprint density at radius 1 is 1.02 bits per heavy atom. The zero-order valence-electron chi connectivity index (χ0n) is 28.8. The Hall–Kier alpha value is -3.20. The number of esters is 1. The van der Waals surface area contributed by atoms with Crippen LogP contribution in [0.5, 0.6) is 11.8 Å². The normalized spacial score (nSPS) is 24.1. The third kappa shape index (κ3) is 7.19. The van der Waals surface area contributed by atoms with Crippen LogP contribution in [0.2, 0.25) is 0 Å². The Kier molecular flexibility index (Phi) is 10.9. The highest BCUT2D eigenvalue weighted by Gasteiger charge is 2.60. The molecule has 3 heterocycles. The van der Waals surface area contributed by atoms with E-state index in [1.54, 1.807) is 18.2 Å². The van der Waals surface area contributed by atoms with E-state index in [1.807, 2.05) is 39.1 Å². The smallest absolute Gasteiger partial charge is 0.329 e. The molecule has 9 heteroatoms. The third-order valence-electron chi connectivity index (χ3n) is 9.96. The summed E-state index contributed by atoms with van der Waals surface area (Å²) < 4.78 is 24.7. The molecule has 1 aliphatic heterocycles. The molecule has 0 radical (unpaired) electrons. The molecule has 0 aromatic carbocycles.